The van der Waals surface area contributed by atoms with Crippen LogP contribution in [0.1, 0.15) is 0 Å². The molecule has 0 aliphatic carbocycles. The van der Waals surface area contributed by atoms with E-state index in [9.17, 15) is 13.2 Å². The third-order valence-electron chi connectivity index (χ3n) is 3.97. The zero-order valence-corrected chi connectivity index (χ0v) is 17.5. The van der Waals surface area contributed by atoms with E-state index in [0.717, 1.165) is 0 Å². The van der Waals surface area contributed by atoms with Gasteiger partial charge in [-0.2, -0.15) is 0 Å². The number of benzene rings is 3. The van der Waals surface area contributed by atoms with Crippen LogP contribution < -0.4 is 19.5 Å². The van der Waals surface area contributed by atoms with Crippen LogP contribution in [0.4, 0.5) is 11.4 Å². The van der Waals surface area contributed by atoms with Gasteiger partial charge in [0, 0.05) is 11.4 Å². The van der Waals surface area contributed by atoms with Crippen molar-refractivity contribution in [3.8, 4) is 11.5 Å². The van der Waals surface area contributed by atoms with E-state index in [1.165, 1.54) is 25.3 Å². The maximum Gasteiger partial charge on any atom is 0.262 e. The molecule has 0 aliphatic heterocycles. The lowest BCUT2D eigenvalue weighted by Gasteiger charge is -2.12. The van der Waals surface area contributed by atoms with E-state index in [0.29, 0.717) is 17.1 Å². The van der Waals surface area contributed by atoms with E-state index < -0.39 is 10.0 Å². The Bertz CT molecular complexity index is 1120. The molecule has 0 atom stereocenters. The van der Waals surface area contributed by atoms with Gasteiger partial charge in [-0.3, -0.25) is 9.52 Å². The molecule has 3 aromatic rings. The molecule has 156 valence electrons. The Balaban J connectivity index is 1.64. The van der Waals surface area contributed by atoms with Crippen molar-refractivity contribution in [3.63, 3.8) is 0 Å². The summed E-state index contributed by atoms with van der Waals surface area (Å²) in [6.07, 6.45) is 0. The average Bonchev–Trinajstić information content (AvgIpc) is 2.74. The largest absolute Gasteiger partial charge is 0.497 e. The second-order valence-electron chi connectivity index (χ2n) is 6.13. The van der Waals surface area contributed by atoms with Crippen molar-refractivity contribution in [2.45, 2.75) is 4.90 Å². The minimum atomic E-state index is -3.85. The summed E-state index contributed by atoms with van der Waals surface area (Å²) in [4.78, 5) is 11.9. The molecule has 0 saturated heterocycles. The molecule has 2 N–H and O–H groups in total. The van der Waals surface area contributed by atoms with Gasteiger partial charge in [0.05, 0.1) is 17.0 Å². The van der Waals surface area contributed by atoms with Crippen molar-refractivity contribution in [2.75, 3.05) is 23.8 Å². The molecule has 0 saturated carbocycles. The SMILES string of the molecule is COc1ccc(NS(=O)(=O)c2ccc(OCC(=O)Nc3ccccc3)c(Cl)c2)cc1. The summed E-state index contributed by atoms with van der Waals surface area (Å²) in [5.41, 5.74) is 1.02. The van der Waals surface area contributed by atoms with Gasteiger partial charge in [-0.25, -0.2) is 8.42 Å². The summed E-state index contributed by atoms with van der Waals surface area (Å²) in [7, 11) is -2.33. The van der Waals surface area contributed by atoms with Crippen molar-refractivity contribution in [1.82, 2.24) is 0 Å². The second kappa shape index (κ2) is 9.51. The number of anilines is 2. The molecule has 0 aromatic heterocycles. The predicted molar refractivity (Wildman–Crippen MR) is 116 cm³/mol. The number of hydrogen-bond donors (Lipinski definition) is 2. The highest BCUT2D eigenvalue weighted by Gasteiger charge is 2.17. The maximum atomic E-state index is 12.6. The molecule has 30 heavy (non-hydrogen) atoms. The average molecular weight is 447 g/mol. The zero-order valence-electron chi connectivity index (χ0n) is 16.0. The smallest absolute Gasteiger partial charge is 0.262 e. The number of hydrogen-bond acceptors (Lipinski definition) is 5. The highest BCUT2D eigenvalue weighted by molar-refractivity contribution is 7.92. The van der Waals surface area contributed by atoms with E-state index in [2.05, 4.69) is 10.0 Å². The second-order valence-corrected chi connectivity index (χ2v) is 8.22. The number of nitrogens with one attached hydrogen (secondary N) is 2. The molecule has 3 aromatic carbocycles. The van der Waals surface area contributed by atoms with Crippen LogP contribution in [0.15, 0.2) is 77.7 Å². The van der Waals surface area contributed by atoms with Gasteiger partial charge < -0.3 is 14.8 Å². The van der Waals surface area contributed by atoms with Gasteiger partial charge >= 0.3 is 0 Å². The zero-order chi connectivity index (χ0) is 21.6. The Labute approximate surface area is 179 Å². The first-order valence-corrected chi connectivity index (χ1v) is 10.7. The van der Waals surface area contributed by atoms with E-state index in [1.54, 1.807) is 48.5 Å². The Morgan fingerprint density at radius 1 is 0.967 bits per heavy atom. The molecular weight excluding hydrogens is 428 g/mol. The van der Waals surface area contributed by atoms with Crippen molar-refractivity contribution < 1.29 is 22.7 Å². The first kappa shape index (κ1) is 21.5. The first-order chi connectivity index (χ1) is 14.4. The summed E-state index contributed by atoms with van der Waals surface area (Å²) in [5.74, 6) is 0.442. The highest BCUT2D eigenvalue weighted by Crippen LogP contribution is 2.28. The van der Waals surface area contributed by atoms with Gasteiger partial charge in [0.25, 0.3) is 15.9 Å². The predicted octanol–water partition coefficient (Wildman–Crippen LogP) is 4.17. The van der Waals surface area contributed by atoms with Crippen LogP contribution in [0.2, 0.25) is 5.02 Å². The molecular formula is C21H19ClN2O5S. The standard InChI is InChI=1S/C21H19ClN2O5S/c1-28-17-9-7-16(8-10-17)24-30(26,27)18-11-12-20(19(22)13-18)29-14-21(25)23-15-5-3-2-4-6-15/h2-13,24H,14H2,1H3,(H,23,25). The highest BCUT2D eigenvalue weighted by atomic mass is 35.5. The minimum absolute atomic E-state index is 0.0376. The fourth-order valence-electron chi connectivity index (χ4n) is 2.50. The van der Waals surface area contributed by atoms with Crippen LogP contribution in [-0.2, 0) is 14.8 Å². The summed E-state index contributed by atoms with van der Waals surface area (Å²) < 4.78 is 38.1. The number of para-hydroxylation sites is 1. The molecule has 0 unspecified atom stereocenters. The van der Waals surface area contributed by atoms with Crippen LogP contribution in [0, 0.1) is 0 Å². The molecule has 3 rings (SSSR count). The molecule has 0 fully saturated rings. The topological polar surface area (TPSA) is 93.7 Å². The van der Waals surface area contributed by atoms with Crippen molar-refractivity contribution >= 4 is 38.9 Å². The fraction of sp³-hybridized carbons (Fsp3) is 0.0952. The lowest BCUT2D eigenvalue weighted by Crippen LogP contribution is -2.20. The van der Waals surface area contributed by atoms with Crippen molar-refractivity contribution in [2.24, 2.45) is 0 Å². The lowest BCUT2D eigenvalue weighted by atomic mass is 10.3. The van der Waals surface area contributed by atoms with Crippen LogP contribution in [-0.4, -0.2) is 28.0 Å². The molecule has 0 radical (unpaired) electrons. The quantitative estimate of drug-likeness (QED) is 0.541. The Kier molecular flexibility index (Phi) is 6.81. The normalized spacial score (nSPS) is 10.9. The van der Waals surface area contributed by atoms with E-state index in [-0.39, 0.29) is 28.2 Å². The van der Waals surface area contributed by atoms with E-state index in [1.807, 2.05) is 6.07 Å². The summed E-state index contributed by atoms with van der Waals surface area (Å²) in [6, 6.07) is 19.4. The maximum absolute atomic E-state index is 12.6. The van der Waals surface area contributed by atoms with E-state index in [4.69, 9.17) is 21.1 Å². The molecule has 7 nitrogen and oxygen atoms in total. The third-order valence-corrected chi connectivity index (χ3v) is 5.65. The van der Waals surface area contributed by atoms with Crippen LogP contribution >= 0.6 is 11.6 Å². The third kappa shape index (κ3) is 5.65. The molecule has 1 amide bonds. The molecule has 0 bridgehead atoms. The van der Waals surface area contributed by atoms with Crippen molar-refractivity contribution in [3.05, 3.63) is 77.8 Å². The molecule has 0 heterocycles. The number of carbonyl (C=O) groups is 1. The van der Waals surface area contributed by atoms with Gasteiger partial charge in [-0.15, -0.1) is 0 Å². The van der Waals surface area contributed by atoms with Crippen LogP contribution in [0.3, 0.4) is 0 Å². The van der Waals surface area contributed by atoms with Crippen molar-refractivity contribution in [1.29, 1.82) is 0 Å². The molecule has 9 heteroatoms. The van der Waals surface area contributed by atoms with Gasteiger partial charge in [0.1, 0.15) is 11.5 Å². The number of halogens is 1. The Hall–Kier alpha value is -3.23. The van der Waals surface area contributed by atoms with Crippen LogP contribution in [0.25, 0.3) is 0 Å². The molecule has 0 spiro atoms. The van der Waals surface area contributed by atoms with Crippen LogP contribution in [0.5, 0.6) is 11.5 Å². The molecule has 0 aliphatic rings. The lowest BCUT2D eigenvalue weighted by molar-refractivity contribution is -0.118. The van der Waals surface area contributed by atoms with Gasteiger partial charge in [0.2, 0.25) is 0 Å². The van der Waals surface area contributed by atoms with Gasteiger partial charge in [0.15, 0.2) is 6.61 Å². The van der Waals surface area contributed by atoms with Gasteiger partial charge in [-0.05, 0) is 54.6 Å². The number of ether oxygens (including phenoxy) is 2. The number of carbonyl (C=O) groups excluding carboxylic acids is 1. The number of methoxy groups -OCH3 is 1. The number of rotatable bonds is 8. The summed E-state index contributed by atoms with van der Waals surface area (Å²) in [6.45, 7) is -0.273. The summed E-state index contributed by atoms with van der Waals surface area (Å²) >= 11 is 6.16. The van der Waals surface area contributed by atoms with Gasteiger partial charge in [-0.1, -0.05) is 29.8 Å². The Morgan fingerprint density at radius 2 is 1.67 bits per heavy atom. The summed E-state index contributed by atoms with van der Waals surface area (Å²) in [5, 5.41) is 2.75. The minimum Gasteiger partial charge on any atom is -0.497 e. The number of amides is 1. The monoisotopic (exact) mass is 446 g/mol. The first-order valence-electron chi connectivity index (χ1n) is 8.81. The van der Waals surface area contributed by atoms with E-state index >= 15 is 0 Å². The fourth-order valence-corrected chi connectivity index (χ4v) is 3.88. The Morgan fingerprint density at radius 3 is 2.30 bits per heavy atom. The number of sulfonamides is 1.